The number of allylic oxidation sites excluding steroid dienone is 1. The van der Waals surface area contributed by atoms with Crippen molar-refractivity contribution in [2.24, 2.45) is 22.7 Å². The molecular weight excluding hydrogens is 256 g/mol. The minimum Gasteiger partial charge on any atom is -0.481 e. The summed E-state index contributed by atoms with van der Waals surface area (Å²) in [5.74, 6) is -0.659. The van der Waals surface area contributed by atoms with E-state index in [1.54, 1.807) is 0 Å². The van der Waals surface area contributed by atoms with Gasteiger partial charge in [0.1, 0.15) is 6.29 Å². The molecule has 2 aliphatic rings. The van der Waals surface area contributed by atoms with Gasteiger partial charge in [0.25, 0.3) is 0 Å². The topological polar surface area (TPSA) is 74.6 Å². The molecule has 112 valence electrons. The number of carboxylic acids is 1. The number of fused-ring (bicyclic) bond motifs is 1. The second-order valence-corrected chi connectivity index (χ2v) is 6.92. The Morgan fingerprint density at radius 3 is 2.70 bits per heavy atom. The van der Waals surface area contributed by atoms with Crippen molar-refractivity contribution in [3.63, 3.8) is 0 Å². The average Bonchev–Trinajstić information content (AvgIpc) is 2.36. The third kappa shape index (κ3) is 2.01. The van der Waals surface area contributed by atoms with E-state index in [1.165, 1.54) is 0 Å². The zero-order chi connectivity index (χ0) is 15.1. The molecule has 0 bridgehead atoms. The smallest absolute Gasteiger partial charge is 0.303 e. The van der Waals surface area contributed by atoms with Crippen LogP contribution < -0.4 is 0 Å². The predicted molar refractivity (Wildman–Crippen MR) is 75.1 cm³/mol. The Balaban J connectivity index is 2.50. The second kappa shape index (κ2) is 4.99. The number of aldehydes is 1. The third-order valence-electron chi connectivity index (χ3n) is 6.02. The van der Waals surface area contributed by atoms with E-state index < -0.39 is 17.5 Å². The molecule has 2 aliphatic carbocycles. The van der Waals surface area contributed by atoms with E-state index in [0.717, 1.165) is 19.1 Å². The lowest BCUT2D eigenvalue weighted by atomic mass is 9.46. The molecule has 0 saturated heterocycles. The molecule has 4 heteroatoms. The maximum absolute atomic E-state index is 11.4. The van der Waals surface area contributed by atoms with Crippen molar-refractivity contribution < 1.29 is 19.8 Å². The van der Waals surface area contributed by atoms with Gasteiger partial charge < -0.3 is 10.2 Å². The predicted octanol–water partition coefficient (Wildman–Crippen LogP) is 2.41. The molecule has 0 spiro atoms. The fraction of sp³-hybridized carbons (Fsp3) is 0.750. The quantitative estimate of drug-likeness (QED) is 0.778. The lowest BCUT2D eigenvalue weighted by molar-refractivity contribution is -0.155. The maximum atomic E-state index is 11.4. The van der Waals surface area contributed by atoms with E-state index in [4.69, 9.17) is 0 Å². The molecular formula is C16H24O4. The Hall–Kier alpha value is -1.16. The van der Waals surface area contributed by atoms with Crippen LogP contribution in [-0.2, 0) is 9.59 Å². The van der Waals surface area contributed by atoms with Crippen molar-refractivity contribution in [2.45, 2.75) is 52.6 Å². The summed E-state index contributed by atoms with van der Waals surface area (Å²) in [5, 5.41) is 19.8. The van der Waals surface area contributed by atoms with Gasteiger partial charge in [-0.3, -0.25) is 9.59 Å². The number of hydrogen-bond acceptors (Lipinski definition) is 3. The van der Waals surface area contributed by atoms with Crippen LogP contribution in [0.2, 0.25) is 0 Å². The molecule has 0 aromatic heterocycles. The molecule has 5 atom stereocenters. The minimum atomic E-state index is -0.805. The third-order valence-corrected chi connectivity index (χ3v) is 6.02. The first-order chi connectivity index (χ1) is 9.26. The van der Waals surface area contributed by atoms with Gasteiger partial charge in [-0.15, -0.1) is 0 Å². The van der Waals surface area contributed by atoms with Gasteiger partial charge >= 0.3 is 5.97 Å². The molecule has 1 fully saturated rings. The number of carbonyl (C=O) groups excluding carboxylic acids is 1. The highest BCUT2D eigenvalue weighted by Gasteiger charge is 2.58. The van der Waals surface area contributed by atoms with Crippen molar-refractivity contribution >= 4 is 12.3 Å². The fourth-order valence-electron chi connectivity index (χ4n) is 4.56. The molecule has 0 aromatic rings. The van der Waals surface area contributed by atoms with E-state index in [1.807, 2.05) is 26.8 Å². The van der Waals surface area contributed by atoms with Crippen molar-refractivity contribution in [3.8, 4) is 0 Å². The van der Waals surface area contributed by atoms with Crippen molar-refractivity contribution in [2.75, 3.05) is 0 Å². The van der Waals surface area contributed by atoms with Crippen molar-refractivity contribution in [1.82, 2.24) is 0 Å². The van der Waals surface area contributed by atoms with E-state index in [-0.39, 0.29) is 23.7 Å². The minimum absolute atomic E-state index is 0.0232. The number of aliphatic hydroxyl groups excluding tert-OH is 1. The van der Waals surface area contributed by atoms with Crippen LogP contribution in [-0.4, -0.2) is 28.6 Å². The first kappa shape index (κ1) is 15.2. The number of carboxylic acid groups (broad SMARTS) is 1. The molecule has 20 heavy (non-hydrogen) atoms. The summed E-state index contributed by atoms with van der Waals surface area (Å²) in [4.78, 5) is 22.7. The Bertz CT molecular complexity index is 455. The number of rotatable bonds is 3. The lowest BCUT2D eigenvalue weighted by Gasteiger charge is -2.59. The monoisotopic (exact) mass is 280 g/mol. The summed E-state index contributed by atoms with van der Waals surface area (Å²) in [7, 11) is 0. The van der Waals surface area contributed by atoms with Gasteiger partial charge in [0.2, 0.25) is 0 Å². The number of carbonyl (C=O) groups is 2. The van der Waals surface area contributed by atoms with E-state index >= 15 is 0 Å². The molecule has 0 unspecified atom stereocenters. The molecule has 2 N–H and O–H groups in total. The van der Waals surface area contributed by atoms with Crippen LogP contribution in [0.3, 0.4) is 0 Å². The van der Waals surface area contributed by atoms with Crippen molar-refractivity contribution in [1.29, 1.82) is 0 Å². The Labute approximate surface area is 119 Å². The van der Waals surface area contributed by atoms with E-state index in [0.29, 0.717) is 12.0 Å². The molecule has 0 aromatic carbocycles. The summed E-state index contributed by atoms with van der Waals surface area (Å²) < 4.78 is 0. The van der Waals surface area contributed by atoms with Crippen LogP contribution >= 0.6 is 0 Å². The molecule has 0 amide bonds. The Morgan fingerprint density at radius 1 is 1.50 bits per heavy atom. The molecule has 0 radical (unpaired) electrons. The fourth-order valence-corrected chi connectivity index (χ4v) is 4.56. The lowest BCUT2D eigenvalue weighted by Crippen LogP contribution is -2.57. The van der Waals surface area contributed by atoms with Crippen LogP contribution in [0.1, 0.15) is 46.5 Å². The van der Waals surface area contributed by atoms with Gasteiger partial charge in [-0.25, -0.2) is 0 Å². The highest BCUT2D eigenvalue weighted by Crippen LogP contribution is 2.61. The van der Waals surface area contributed by atoms with Gasteiger partial charge in [-0.1, -0.05) is 26.8 Å². The molecule has 1 saturated carbocycles. The standard InChI is InChI=1S/C16H24O4/c1-10-7-13(18)16(3)11(9-17)5-4-6-12(16)15(10,2)8-14(19)20/h5,9-10,12-13,18H,4,6-8H2,1-3H3,(H,19,20)/t10-,12-,13+,15+,16+/m1/s1. The first-order valence-corrected chi connectivity index (χ1v) is 7.32. The van der Waals surface area contributed by atoms with Crippen LogP contribution in [0, 0.1) is 22.7 Å². The summed E-state index contributed by atoms with van der Waals surface area (Å²) in [6.07, 6.45) is 4.41. The zero-order valence-corrected chi connectivity index (χ0v) is 12.4. The normalized spacial score (nSPS) is 44.4. The van der Waals surface area contributed by atoms with E-state index in [2.05, 4.69) is 0 Å². The summed E-state index contributed by atoms with van der Waals surface area (Å²) in [6.45, 7) is 5.95. The average molecular weight is 280 g/mol. The first-order valence-electron chi connectivity index (χ1n) is 7.32. The maximum Gasteiger partial charge on any atom is 0.303 e. The van der Waals surface area contributed by atoms with Crippen LogP contribution in [0.4, 0.5) is 0 Å². The van der Waals surface area contributed by atoms with Gasteiger partial charge in [-0.05, 0) is 42.1 Å². The van der Waals surface area contributed by atoms with Crippen molar-refractivity contribution in [3.05, 3.63) is 11.6 Å². The van der Waals surface area contributed by atoms with Crippen LogP contribution in [0.5, 0.6) is 0 Å². The summed E-state index contributed by atoms with van der Waals surface area (Å²) in [6, 6.07) is 0. The molecule has 0 heterocycles. The van der Waals surface area contributed by atoms with Gasteiger partial charge in [-0.2, -0.15) is 0 Å². The summed E-state index contributed by atoms with van der Waals surface area (Å²) >= 11 is 0. The number of aliphatic hydroxyl groups is 1. The number of aliphatic carboxylic acids is 1. The molecule has 4 nitrogen and oxygen atoms in total. The largest absolute Gasteiger partial charge is 0.481 e. The second-order valence-electron chi connectivity index (χ2n) is 6.92. The number of hydrogen-bond donors (Lipinski definition) is 2. The van der Waals surface area contributed by atoms with Gasteiger partial charge in [0, 0.05) is 5.41 Å². The van der Waals surface area contributed by atoms with E-state index in [9.17, 15) is 19.8 Å². The van der Waals surface area contributed by atoms with Crippen LogP contribution in [0.25, 0.3) is 0 Å². The highest BCUT2D eigenvalue weighted by atomic mass is 16.4. The Kier molecular flexibility index (Phi) is 3.80. The Morgan fingerprint density at radius 2 is 2.15 bits per heavy atom. The van der Waals surface area contributed by atoms with Crippen LogP contribution in [0.15, 0.2) is 11.6 Å². The highest BCUT2D eigenvalue weighted by molar-refractivity contribution is 5.76. The van der Waals surface area contributed by atoms with Gasteiger partial charge in [0.15, 0.2) is 0 Å². The zero-order valence-electron chi connectivity index (χ0n) is 12.4. The SMILES string of the molecule is C[C@@H]1C[C@H](O)[C@@]2(C)C(C=O)=CCC[C@@H]2[C@@]1(C)CC(=O)O. The van der Waals surface area contributed by atoms with Gasteiger partial charge in [0.05, 0.1) is 12.5 Å². The molecule has 2 rings (SSSR count). The molecule has 0 aliphatic heterocycles. The summed E-state index contributed by atoms with van der Waals surface area (Å²) in [5.41, 5.74) is -0.358.